The molecule has 0 heterocycles. The molecule has 13 heavy (non-hydrogen) atoms. The van der Waals surface area contributed by atoms with Crippen molar-refractivity contribution in [3.63, 3.8) is 0 Å². The Morgan fingerprint density at radius 1 is 1.00 bits per heavy atom. The topological polar surface area (TPSA) is 26.0 Å². The molecule has 0 aromatic carbocycles. The van der Waals surface area contributed by atoms with Gasteiger partial charge >= 0.3 is 0 Å². The normalized spacial score (nSPS) is 38.1. The first-order chi connectivity index (χ1) is 6.40. The van der Waals surface area contributed by atoms with Crippen molar-refractivity contribution in [3.8, 4) is 0 Å². The first-order valence-electron chi connectivity index (χ1n) is 6.10. The highest BCUT2D eigenvalue weighted by molar-refractivity contribution is 4.86. The number of unbranched alkanes of at least 4 members (excludes halogenated alkanes) is 1. The molecule has 0 saturated heterocycles. The van der Waals surface area contributed by atoms with E-state index in [1.54, 1.807) is 6.42 Å². The van der Waals surface area contributed by atoms with Crippen LogP contribution < -0.4 is 5.73 Å². The van der Waals surface area contributed by atoms with Crippen molar-refractivity contribution in [2.75, 3.05) is 6.54 Å². The number of rotatable bonds is 4. The van der Waals surface area contributed by atoms with Gasteiger partial charge in [0.1, 0.15) is 0 Å². The summed E-state index contributed by atoms with van der Waals surface area (Å²) < 4.78 is 0. The Balaban J connectivity index is 1.74. The SMILES string of the molecule is NCCCCC1CC2CCC1CC2. The predicted octanol–water partition coefficient (Wildman–Crippen LogP) is 2.94. The quantitative estimate of drug-likeness (QED) is 0.663. The van der Waals surface area contributed by atoms with Gasteiger partial charge < -0.3 is 5.73 Å². The molecule has 3 saturated carbocycles. The lowest BCUT2D eigenvalue weighted by atomic mass is 9.63. The summed E-state index contributed by atoms with van der Waals surface area (Å²) in [4.78, 5) is 0. The minimum absolute atomic E-state index is 0.890. The third-order valence-electron chi connectivity index (χ3n) is 4.22. The van der Waals surface area contributed by atoms with E-state index in [0.29, 0.717) is 0 Å². The fourth-order valence-corrected chi connectivity index (χ4v) is 3.42. The molecule has 1 atom stereocenters. The van der Waals surface area contributed by atoms with Gasteiger partial charge in [0.2, 0.25) is 0 Å². The highest BCUT2D eigenvalue weighted by Gasteiger charge is 2.34. The van der Waals surface area contributed by atoms with E-state index in [1.807, 2.05) is 0 Å². The minimum Gasteiger partial charge on any atom is -0.330 e. The smallest absolute Gasteiger partial charge is 0.00773 e. The van der Waals surface area contributed by atoms with Gasteiger partial charge in [-0.15, -0.1) is 0 Å². The summed E-state index contributed by atoms with van der Waals surface area (Å²) in [7, 11) is 0. The molecule has 1 heteroatoms. The highest BCUT2D eigenvalue weighted by Crippen LogP contribution is 2.46. The van der Waals surface area contributed by atoms with E-state index in [0.717, 1.165) is 24.3 Å². The largest absolute Gasteiger partial charge is 0.330 e. The summed E-state index contributed by atoms with van der Waals surface area (Å²) in [5, 5.41) is 0. The zero-order valence-corrected chi connectivity index (χ0v) is 8.67. The van der Waals surface area contributed by atoms with Crippen LogP contribution in [0.15, 0.2) is 0 Å². The molecular weight excluding hydrogens is 158 g/mol. The van der Waals surface area contributed by atoms with Crippen molar-refractivity contribution in [1.82, 2.24) is 0 Å². The molecule has 0 spiro atoms. The van der Waals surface area contributed by atoms with Gasteiger partial charge in [0.05, 0.1) is 0 Å². The first-order valence-corrected chi connectivity index (χ1v) is 6.10. The molecule has 2 bridgehead atoms. The van der Waals surface area contributed by atoms with Gasteiger partial charge in [-0.1, -0.05) is 25.7 Å². The van der Waals surface area contributed by atoms with Crippen LogP contribution in [-0.4, -0.2) is 6.54 Å². The lowest BCUT2D eigenvalue weighted by Crippen LogP contribution is -2.31. The third kappa shape index (κ3) is 2.25. The van der Waals surface area contributed by atoms with E-state index in [9.17, 15) is 0 Å². The molecule has 0 amide bonds. The Hall–Kier alpha value is -0.0400. The van der Waals surface area contributed by atoms with Crippen LogP contribution in [0.1, 0.15) is 51.4 Å². The van der Waals surface area contributed by atoms with Crippen molar-refractivity contribution in [3.05, 3.63) is 0 Å². The van der Waals surface area contributed by atoms with E-state index in [2.05, 4.69) is 0 Å². The molecule has 2 N–H and O–H groups in total. The standard InChI is InChI=1S/C12H23N/c13-8-2-1-3-12-9-10-4-6-11(12)7-5-10/h10-12H,1-9,13H2. The van der Waals surface area contributed by atoms with E-state index in [4.69, 9.17) is 5.73 Å². The van der Waals surface area contributed by atoms with E-state index in [-0.39, 0.29) is 0 Å². The first kappa shape index (κ1) is 9.51. The van der Waals surface area contributed by atoms with Crippen LogP contribution in [-0.2, 0) is 0 Å². The van der Waals surface area contributed by atoms with Gasteiger partial charge in [0, 0.05) is 0 Å². The van der Waals surface area contributed by atoms with Gasteiger partial charge in [-0.25, -0.2) is 0 Å². The molecule has 1 unspecified atom stereocenters. The maximum atomic E-state index is 5.52. The molecule has 1 nitrogen and oxygen atoms in total. The summed E-state index contributed by atoms with van der Waals surface area (Å²) in [5.41, 5.74) is 5.52. The van der Waals surface area contributed by atoms with Crippen molar-refractivity contribution < 1.29 is 0 Å². The summed E-state index contributed by atoms with van der Waals surface area (Å²) >= 11 is 0. The number of fused-ring (bicyclic) bond motifs is 3. The molecular formula is C12H23N. The molecule has 3 aliphatic rings. The second-order valence-corrected chi connectivity index (χ2v) is 5.06. The van der Waals surface area contributed by atoms with Crippen LogP contribution in [0.2, 0.25) is 0 Å². The second kappa shape index (κ2) is 4.45. The van der Waals surface area contributed by atoms with Crippen molar-refractivity contribution in [2.24, 2.45) is 23.5 Å². The molecule has 3 aliphatic carbocycles. The third-order valence-corrected chi connectivity index (χ3v) is 4.22. The number of hydrogen-bond donors (Lipinski definition) is 1. The van der Waals surface area contributed by atoms with E-state index < -0.39 is 0 Å². The van der Waals surface area contributed by atoms with Gasteiger partial charge in [-0.3, -0.25) is 0 Å². The van der Waals surface area contributed by atoms with Crippen LogP contribution in [0.25, 0.3) is 0 Å². The van der Waals surface area contributed by atoms with Gasteiger partial charge in [0.15, 0.2) is 0 Å². The van der Waals surface area contributed by atoms with Crippen LogP contribution in [0, 0.1) is 17.8 Å². The Labute approximate surface area is 82.1 Å². The molecule has 0 aromatic heterocycles. The lowest BCUT2D eigenvalue weighted by molar-refractivity contribution is 0.0913. The van der Waals surface area contributed by atoms with Crippen molar-refractivity contribution >= 4 is 0 Å². The monoisotopic (exact) mass is 181 g/mol. The molecule has 76 valence electrons. The maximum absolute atomic E-state index is 5.52. The van der Waals surface area contributed by atoms with Crippen molar-refractivity contribution in [2.45, 2.75) is 51.4 Å². The molecule has 0 radical (unpaired) electrons. The molecule has 0 aromatic rings. The summed E-state index contributed by atoms with van der Waals surface area (Å²) in [6.45, 7) is 0.890. The Bertz CT molecular complexity index is 147. The van der Waals surface area contributed by atoms with E-state index >= 15 is 0 Å². The second-order valence-electron chi connectivity index (χ2n) is 5.06. The number of hydrogen-bond acceptors (Lipinski definition) is 1. The minimum atomic E-state index is 0.890. The Kier molecular flexibility index (Phi) is 3.26. The average molecular weight is 181 g/mol. The van der Waals surface area contributed by atoms with Crippen LogP contribution in [0.3, 0.4) is 0 Å². The van der Waals surface area contributed by atoms with E-state index in [1.165, 1.54) is 44.9 Å². The summed E-state index contributed by atoms with van der Waals surface area (Å²) in [5.74, 6) is 3.29. The predicted molar refractivity (Wildman–Crippen MR) is 56.5 cm³/mol. The van der Waals surface area contributed by atoms with Gasteiger partial charge in [-0.05, 0) is 50.0 Å². The van der Waals surface area contributed by atoms with Gasteiger partial charge in [-0.2, -0.15) is 0 Å². The zero-order chi connectivity index (χ0) is 9.10. The van der Waals surface area contributed by atoms with Crippen LogP contribution in [0.5, 0.6) is 0 Å². The summed E-state index contributed by atoms with van der Waals surface area (Å²) in [6.07, 6.45) is 11.8. The fraction of sp³-hybridized carbons (Fsp3) is 1.00. The fourth-order valence-electron chi connectivity index (χ4n) is 3.42. The molecule has 0 aliphatic heterocycles. The highest BCUT2D eigenvalue weighted by atomic mass is 14.5. The van der Waals surface area contributed by atoms with Gasteiger partial charge in [0.25, 0.3) is 0 Å². The van der Waals surface area contributed by atoms with Crippen molar-refractivity contribution in [1.29, 1.82) is 0 Å². The lowest BCUT2D eigenvalue weighted by Gasteiger charge is -2.42. The zero-order valence-electron chi connectivity index (χ0n) is 8.67. The number of nitrogens with two attached hydrogens (primary N) is 1. The average Bonchev–Trinajstić information content (AvgIpc) is 2.20. The summed E-state index contributed by atoms with van der Waals surface area (Å²) in [6, 6.07) is 0. The molecule has 3 fully saturated rings. The van der Waals surface area contributed by atoms with Crippen LogP contribution in [0.4, 0.5) is 0 Å². The maximum Gasteiger partial charge on any atom is -0.00773 e. The Morgan fingerprint density at radius 3 is 2.31 bits per heavy atom. The van der Waals surface area contributed by atoms with Crippen LogP contribution >= 0.6 is 0 Å². The molecule has 3 rings (SSSR count). The Morgan fingerprint density at radius 2 is 1.77 bits per heavy atom.